The maximum absolute atomic E-state index is 5.36. The predicted octanol–water partition coefficient (Wildman–Crippen LogP) is 2.62. The number of guanidine groups is 1. The lowest BCUT2D eigenvalue weighted by Gasteiger charge is -2.14. The number of rotatable bonds is 11. The van der Waals surface area contributed by atoms with Crippen LogP contribution in [-0.4, -0.2) is 51.3 Å². The first-order valence-electron chi connectivity index (χ1n) is 8.98. The summed E-state index contributed by atoms with van der Waals surface area (Å²) in [6.07, 6.45) is 2.16. The Kier molecular flexibility index (Phi) is 10.9. The summed E-state index contributed by atoms with van der Waals surface area (Å²) in [4.78, 5) is 6.92. The zero-order chi connectivity index (χ0) is 17.6. The highest BCUT2D eigenvalue weighted by Gasteiger charge is 2.03. The van der Waals surface area contributed by atoms with Gasteiger partial charge >= 0.3 is 0 Å². The molecule has 0 amide bonds. The molecule has 1 aromatic carbocycles. The van der Waals surface area contributed by atoms with Crippen molar-refractivity contribution in [2.75, 3.05) is 40.4 Å². The Morgan fingerprint density at radius 3 is 2.50 bits per heavy atom. The van der Waals surface area contributed by atoms with Crippen molar-refractivity contribution < 1.29 is 4.74 Å². The summed E-state index contributed by atoms with van der Waals surface area (Å²) in [7, 11) is 4.18. The summed E-state index contributed by atoms with van der Waals surface area (Å²) in [5.74, 6) is 0.883. The first-order chi connectivity index (χ1) is 11.7. The molecule has 0 atom stereocenters. The molecule has 1 rings (SSSR count). The van der Waals surface area contributed by atoms with Gasteiger partial charge in [-0.3, -0.25) is 0 Å². The molecule has 1 aromatic rings. The van der Waals surface area contributed by atoms with Gasteiger partial charge in [-0.1, -0.05) is 24.3 Å². The lowest BCUT2D eigenvalue weighted by atomic mass is 10.1. The number of nitrogens with zero attached hydrogens (tertiary/aromatic N) is 2. The van der Waals surface area contributed by atoms with Gasteiger partial charge < -0.3 is 20.3 Å². The largest absolute Gasteiger partial charge is 0.382 e. The van der Waals surface area contributed by atoms with Crippen LogP contribution in [0.5, 0.6) is 0 Å². The van der Waals surface area contributed by atoms with Crippen LogP contribution >= 0.6 is 0 Å². The zero-order valence-electron chi connectivity index (χ0n) is 15.8. The predicted molar refractivity (Wildman–Crippen MR) is 102 cm³/mol. The summed E-state index contributed by atoms with van der Waals surface area (Å²) >= 11 is 0. The molecule has 0 bridgehead atoms. The topological polar surface area (TPSA) is 48.9 Å². The molecular weight excluding hydrogens is 300 g/mol. The second-order valence-corrected chi connectivity index (χ2v) is 6.03. The minimum absolute atomic E-state index is 0.693. The fraction of sp³-hybridized carbons (Fsp3) is 0.632. The molecule has 24 heavy (non-hydrogen) atoms. The molecule has 136 valence electrons. The van der Waals surface area contributed by atoms with Crippen molar-refractivity contribution in [3.05, 3.63) is 35.4 Å². The van der Waals surface area contributed by atoms with E-state index < -0.39 is 0 Å². The van der Waals surface area contributed by atoms with Gasteiger partial charge in [0.25, 0.3) is 0 Å². The van der Waals surface area contributed by atoms with E-state index in [1.165, 1.54) is 11.1 Å². The number of aliphatic imine (C=N–C) groups is 1. The number of nitrogens with one attached hydrogen (secondary N) is 2. The van der Waals surface area contributed by atoms with Crippen LogP contribution in [0, 0.1) is 0 Å². The molecule has 0 heterocycles. The van der Waals surface area contributed by atoms with E-state index in [2.05, 4.69) is 60.8 Å². The molecule has 0 aliphatic carbocycles. The number of unbranched alkanes of at least 4 members (excludes halogenated alkanes) is 1. The Morgan fingerprint density at radius 2 is 1.83 bits per heavy atom. The quantitative estimate of drug-likeness (QED) is 0.371. The molecule has 2 N–H and O–H groups in total. The normalized spacial score (nSPS) is 11.8. The second kappa shape index (κ2) is 12.8. The average molecular weight is 335 g/mol. The van der Waals surface area contributed by atoms with Gasteiger partial charge in [-0.05, 0) is 51.9 Å². The lowest BCUT2D eigenvalue weighted by Crippen LogP contribution is -2.37. The minimum Gasteiger partial charge on any atom is -0.382 e. The van der Waals surface area contributed by atoms with Crippen LogP contribution in [0.1, 0.15) is 37.8 Å². The van der Waals surface area contributed by atoms with E-state index in [9.17, 15) is 0 Å². The molecule has 0 saturated carbocycles. The SMILES string of the molecule is CCNC(=NCc1ccccc1CN(C)C)NCCCCOCC. The van der Waals surface area contributed by atoms with Gasteiger partial charge in [0.15, 0.2) is 5.96 Å². The fourth-order valence-corrected chi connectivity index (χ4v) is 2.39. The summed E-state index contributed by atoms with van der Waals surface area (Å²) in [6, 6.07) is 8.51. The van der Waals surface area contributed by atoms with Crippen molar-refractivity contribution >= 4 is 5.96 Å². The molecule has 0 fully saturated rings. The summed E-state index contributed by atoms with van der Waals surface area (Å²) < 4.78 is 5.36. The van der Waals surface area contributed by atoms with Crippen molar-refractivity contribution in [2.45, 2.75) is 39.8 Å². The van der Waals surface area contributed by atoms with Crippen LogP contribution < -0.4 is 10.6 Å². The molecule has 5 nitrogen and oxygen atoms in total. The highest BCUT2D eigenvalue weighted by molar-refractivity contribution is 5.79. The van der Waals surface area contributed by atoms with Crippen molar-refractivity contribution in [1.29, 1.82) is 0 Å². The smallest absolute Gasteiger partial charge is 0.191 e. The van der Waals surface area contributed by atoms with Crippen LogP contribution in [0.3, 0.4) is 0 Å². The van der Waals surface area contributed by atoms with Crippen molar-refractivity contribution in [2.24, 2.45) is 4.99 Å². The van der Waals surface area contributed by atoms with E-state index >= 15 is 0 Å². The highest BCUT2D eigenvalue weighted by Crippen LogP contribution is 2.11. The molecule has 0 radical (unpaired) electrons. The van der Waals surface area contributed by atoms with Crippen LogP contribution in [0.2, 0.25) is 0 Å². The van der Waals surface area contributed by atoms with Crippen molar-refractivity contribution in [1.82, 2.24) is 15.5 Å². The zero-order valence-corrected chi connectivity index (χ0v) is 15.8. The number of benzene rings is 1. The van der Waals surface area contributed by atoms with Gasteiger partial charge in [-0.25, -0.2) is 4.99 Å². The van der Waals surface area contributed by atoms with E-state index in [0.717, 1.165) is 51.6 Å². The fourth-order valence-electron chi connectivity index (χ4n) is 2.39. The summed E-state index contributed by atoms with van der Waals surface area (Å²) in [6.45, 7) is 9.16. The molecule has 5 heteroatoms. The first-order valence-corrected chi connectivity index (χ1v) is 8.98. The van der Waals surface area contributed by atoms with E-state index in [1.807, 2.05) is 6.92 Å². The van der Waals surface area contributed by atoms with E-state index in [0.29, 0.717) is 6.54 Å². The van der Waals surface area contributed by atoms with Gasteiger partial charge in [-0.15, -0.1) is 0 Å². The third-order valence-electron chi connectivity index (χ3n) is 3.57. The Bertz CT molecular complexity index is 474. The van der Waals surface area contributed by atoms with Gasteiger partial charge in [0.05, 0.1) is 6.54 Å². The molecule has 0 aromatic heterocycles. The third kappa shape index (κ3) is 8.89. The molecule has 0 aliphatic heterocycles. The molecule has 0 spiro atoms. The highest BCUT2D eigenvalue weighted by atomic mass is 16.5. The summed E-state index contributed by atoms with van der Waals surface area (Å²) in [5, 5.41) is 6.71. The van der Waals surface area contributed by atoms with Crippen LogP contribution in [0.4, 0.5) is 0 Å². The van der Waals surface area contributed by atoms with Crippen LogP contribution in [-0.2, 0) is 17.8 Å². The standard InChI is InChI=1S/C19H34N4O/c1-5-20-19(21-13-9-10-14-24-6-2)22-15-17-11-7-8-12-18(17)16-23(3)4/h7-8,11-12H,5-6,9-10,13-16H2,1-4H3,(H2,20,21,22). The maximum Gasteiger partial charge on any atom is 0.191 e. The van der Waals surface area contributed by atoms with Crippen LogP contribution in [0.25, 0.3) is 0 Å². The Labute approximate surface area is 147 Å². The molecule has 0 unspecified atom stereocenters. The Balaban J connectivity index is 2.53. The van der Waals surface area contributed by atoms with Gasteiger partial charge in [0.1, 0.15) is 0 Å². The second-order valence-electron chi connectivity index (χ2n) is 6.03. The molecule has 0 aliphatic rings. The average Bonchev–Trinajstić information content (AvgIpc) is 2.56. The third-order valence-corrected chi connectivity index (χ3v) is 3.57. The summed E-state index contributed by atoms with van der Waals surface area (Å²) in [5.41, 5.74) is 2.61. The van der Waals surface area contributed by atoms with Gasteiger partial charge in [-0.2, -0.15) is 0 Å². The minimum atomic E-state index is 0.693. The van der Waals surface area contributed by atoms with Gasteiger partial charge in [0, 0.05) is 32.8 Å². The van der Waals surface area contributed by atoms with Gasteiger partial charge in [0.2, 0.25) is 0 Å². The number of ether oxygens (including phenoxy) is 1. The van der Waals surface area contributed by atoms with Crippen LogP contribution in [0.15, 0.2) is 29.3 Å². The van der Waals surface area contributed by atoms with Crippen molar-refractivity contribution in [3.8, 4) is 0 Å². The van der Waals surface area contributed by atoms with E-state index in [1.54, 1.807) is 0 Å². The Morgan fingerprint density at radius 1 is 1.08 bits per heavy atom. The first kappa shape index (κ1) is 20.5. The van der Waals surface area contributed by atoms with Crippen molar-refractivity contribution in [3.63, 3.8) is 0 Å². The molecular formula is C19H34N4O. The van der Waals surface area contributed by atoms with E-state index in [4.69, 9.17) is 9.73 Å². The maximum atomic E-state index is 5.36. The monoisotopic (exact) mass is 334 g/mol. The molecule has 0 saturated heterocycles. The Hall–Kier alpha value is -1.59. The lowest BCUT2D eigenvalue weighted by molar-refractivity contribution is 0.143. The number of hydrogen-bond acceptors (Lipinski definition) is 3. The van der Waals surface area contributed by atoms with E-state index in [-0.39, 0.29) is 0 Å². The number of hydrogen-bond donors (Lipinski definition) is 2.